The van der Waals surface area contributed by atoms with Gasteiger partial charge in [-0.1, -0.05) is 100 Å². The molecule has 0 saturated carbocycles. The van der Waals surface area contributed by atoms with Gasteiger partial charge < -0.3 is 5.32 Å². The highest BCUT2D eigenvalue weighted by atomic mass is 79.9. The van der Waals surface area contributed by atoms with Crippen molar-refractivity contribution < 1.29 is 4.79 Å². The summed E-state index contributed by atoms with van der Waals surface area (Å²) < 4.78 is 2.54. The van der Waals surface area contributed by atoms with Gasteiger partial charge in [0.15, 0.2) is 5.16 Å². The Kier molecular flexibility index (Phi) is 9.36. The Morgan fingerprint density at radius 2 is 1.57 bits per heavy atom. The first kappa shape index (κ1) is 26.9. The van der Waals surface area contributed by atoms with E-state index in [-0.39, 0.29) is 23.1 Å². The van der Waals surface area contributed by atoms with Crippen molar-refractivity contribution in [3.05, 3.63) is 128 Å². The number of thioether (sulfide) groups is 1. The number of aryl methyl sites for hydroxylation is 1. The van der Waals surface area contributed by atoms with Gasteiger partial charge in [0.2, 0.25) is 5.91 Å². The van der Waals surface area contributed by atoms with Gasteiger partial charge in [-0.15, -0.1) is 0 Å². The monoisotopic (exact) mass is 575 g/mol. The highest BCUT2D eigenvalue weighted by Gasteiger charge is 2.16. The Bertz CT molecular complexity index is 1350. The molecule has 0 aliphatic rings. The Hall–Kier alpha value is -3.16. The van der Waals surface area contributed by atoms with Gasteiger partial charge in [-0.3, -0.25) is 14.2 Å². The van der Waals surface area contributed by atoms with Gasteiger partial charge in [-0.2, -0.15) is 0 Å². The molecule has 1 aromatic heterocycles. The average molecular weight is 577 g/mol. The minimum atomic E-state index is -0.0770. The Morgan fingerprint density at radius 3 is 2.16 bits per heavy atom. The van der Waals surface area contributed by atoms with Gasteiger partial charge in [0, 0.05) is 41.7 Å². The Balaban J connectivity index is 1.35. The van der Waals surface area contributed by atoms with Gasteiger partial charge >= 0.3 is 0 Å². The minimum absolute atomic E-state index is 0.0734. The summed E-state index contributed by atoms with van der Waals surface area (Å²) in [4.78, 5) is 30.3. The van der Waals surface area contributed by atoms with Crippen LogP contribution >= 0.6 is 27.7 Å². The lowest BCUT2D eigenvalue weighted by Crippen LogP contribution is -2.29. The van der Waals surface area contributed by atoms with Crippen LogP contribution in [0, 0.1) is 6.92 Å². The zero-order valence-electron chi connectivity index (χ0n) is 21.0. The van der Waals surface area contributed by atoms with Crippen LogP contribution in [0.2, 0.25) is 0 Å². The van der Waals surface area contributed by atoms with E-state index in [0.29, 0.717) is 29.4 Å². The summed E-state index contributed by atoms with van der Waals surface area (Å²) in [6.45, 7) is 2.42. The van der Waals surface area contributed by atoms with Crippen molar-refractivity contribution in [3.8, 4) is 0 Å². The predicted octanol–water partition coefficient (Wildman–Crippen LogP) is 5.87. The molecule has 0 atom stereocenters. The first-order chi connectivity index (χ1) is 17.9. The Morgan fingerprint density at radius 1 is 0.973 bits per heavy atom. The summed E-state index contributed by atoms with van der Waals surface area (Å²) in [6, 6.07) is 28.7. The highest BCUT2D eigenvalue weighted by molar-refractivity contribution is 9.10. The van der Waals surface area contributed by atoms with Crippen LogP contribution in [0.15, 0.2) is 99.4 Å². The molecule has 190 valence electrons. The van der Waals surface area contributed by atoms with E-state index in [1.54, 1.807) is 11.6 Å². The van der Waals surface area contributed by atoms with E-state index in [1.165, 1.54) is 22.9 Å². The molecular weight excluding hydrogens is 546 g/mol. The smallest absolute Gasteiger partial charge is 0.257 e. The number of hydrogen-bond acceptors (Lipinski definition) is 4. The number of nitrogens with zero attached hydrogens (tertiary/aromatic N) is 2. The van der Waals surface area contributed by atoms with Crippen molar-refractivity contribution >= 4 is 33.6 Å². The molecule has 0 unspecified atom stereocenters. The summed E-state index contributed by atoms with van der Waals surface area (Å²) in [5, 5.41) is 3.59. The molecule has 1 heterocycles. The first-order valence-electron chi connectivity index (χ1n) is 12.2. The van der Waals surface area contributed by atoms with Crippen LogP contribution in [0.1, 0.15) is 40.3 Å². The third-order valence-corrected chi connectivity index (χ3v) is 7.89. The van der Waals surface area contributed by atoms with E-state index in [4.69, 9.17) is 0 Å². The van der Waals surface area contributed by atoms with E-state index in [9.17, 15) is 9.59 Å². The second-order valence-corrected chi connectivity index (χ2v) is 10.8. The topological polar surface area (TPSA) is 64.0 Å². The summed E-state index contributed by atoms with van der Waals surface area (Å²) in [5.74, 6) is 0.335. The van der Waals surface area contributed by atoms with E-state index >= 15 is 0 Å². The molecule has 4 rings (SSSR count). The number of benzene rings is 3. The van der Waals surface area contributed by atoms with Crippen LogP contribution in [0.5, 0.6) is 0 Å². The average Bonchev–Trinajstić information content (AvgIpc) is 2.92. The third kappa shape index (κ3) is 7.21. The van der Waals surface area contributed by atoms with Crippen LogP contribution in [-0.2, 0) is 18.3 Å². The Labute approximate surface area is 230 Å². The van der Waals surface area contributed by atoms with Crippen molar-refractivity contribution in [3.63, 3.8) is 0 Å². The summed E-state index contributed by atoms with van der Waals surface area (Å²) in [7, 11) is 1.71. The largest absolute Gasteiger partial charge is 0.355 e. The van der Waals surface area contributed by atoms with Crippen LogP contribution < -0.4 is 10.9 Å². The fourth-order valence-electron chi connectivity index (χ4n) is 4.30. The van der Waals surface area contributed by atoms with E-state index in [1.807, 2.05) is 67.6 Å². The number of nitrogens with one attached hydrogen (secondary N) is 1. The molecule has 0 spiro atoms. The molecule has 1 N–H and O–H groups in total. The summed E-state index contributed by atoms with van der Waals surface area (Å²) in [6.07, 6.45) is 1.32. The lowest BCUT2D eigenvalue weighted by molar-refractivity contribution is -0.118. The zero-order valence-corrected chi connectivity index (χ0v) is 23.4. The normalized spacial score (nSPS) is 11.0. The van der Waals surface area contributed by atoms with Crippen molar-refractivity contribution in [2.24, 2.45) is 7.05 Å². The van der Waals surface area contributed by atoms with Gasteiger partial charge in [-0.05, 0) is 42.2 Å². The molecule has 37 heavy (non-hydrogen) atoms. The highest BCUT2D eigenvalue weighted by Crippen LogP contribution is 2.27. The van der Waals surface area contributed by atoms with Gasteiger partial charge in [0.25, 0.3) is 5.56 Å². The van der Waals surface area contributed by atoms with Crippen LogP contribution in [0.4, 0.5) is 0 Å². The molecule has 1 amide bonds. The SMILES string of the molecule is Cc1nc(SCC(=O)NCCC(c2ccccc2)c2ccccc2)n(C)c(=O)c1Cc1ccc(Br)cc1. The minimum Gasteiger partial charge on any atom is -0.355 e. The standard InChI is InChI=1S/C30H30BrN3O2S/c1-21-27(19-22-13-15-25(31)16-14-22)29(36)34(2)30(33-21)37-20-28(35)32-18-17-26(23-9-5-3-6-10-23)24-11-7-4-8-12-24/h3-16,26H,17-20H2,1-2H3,(H,32,35). The maximum atomic E-state index is 13.0. The second kappa shape index (κ2) is 12.9. The van der Waals surface area contributed by atoms with Crippen molar-refractivity contribution in [1.82, 2.24) is 14.9 Å². The number of carbonyl (C=O) groups excluding carboxylic acids is 1. The first-order valence-corrected chi connectivity index (χ1v) is 14.0. The van der Waals surface area contributed by atoms with Crippen LogP contribution in [-0.4, -0.2) is 27.8 Å². The maximum Gasteiger partial charge on any atom is 0.257 e. The molecule has 4 aromatic rings. The third-order valence-electron chi connectivity index (χ3n) is 6.34. The van der Waals surface area contributed by atoms with Gasteiger partial charge in [-0.25, -0.2) is 4.98 Å². The molecule has 0 saturated heterocycles. The maximum absolute atomic E-state index is 13.0. The lowest BCUT2D eigenvalue weighted by Gasteiger charge is -2.18. The van der Waals surface area contributed by atoms with Crippen LogP contribution in [0.25, 0.3) is 0 Å². The quantitative estimate of drug-likeness (QED) is 0.190. The lowest BCUT2D eigenvalue weighted by atomic mass is 9.88. The molecule has 7 heteroatoms. The number of amides is 1. The number of rotatable bonds is 10. The fraction of sp³-hybridized carbons (Fsp3) is 0.233. The predicted molar refractivity (Wildman–Crippen MR) is 154 cm³/mol. The van der Waals surface area contributed by atoms with Crippen LogP contribution in [0.3, 0.4) is 0 Å². The van der Waals surface area contributed by atoms with Crippen molar-refractivity contribution in [1.29, 1.82) is 0 Å². The molecule has 0 fully saturated rings. The molecule has 5 nitrogen and oxygen atoms in total. The molecule has 0 bridgehead atoms. The number of aromatic nitrogens is 2. The molecule has 0 aliphatic heterocycles. The van der Waals surface area contributed by atoms with E-state index < -0.39 is 0 Å². The molecule has 3 aromatic carbocycles. The van der Waals surface area contributed by atoms with E-state index in [2.05, 4.69) is 50.5 Å². The summed E-state index contributed by atoms with van der Waals surface area (Å²) >= 11 is 4.73. The van der Waals surface area contributed by atoms with Gasteiger partial charge in [0.1, 0.15) is 0 Å². The molecule has 0 radical (unpaired) electrons. The van der Waals surface area contributed by atoms with E-state index in [0.717, 1.165) is 16.5 Å². The van der Waals surface area contributed by atoms with Crippen molar-refractivity contribution in [2.45, 2.75) is 30.8 Å². The zero-order chi connectivity index (χ0) is 26.2. The second-order valence-electron chi connectivity index (χ2n) is 8.93. The molecule has 0 aliphatic carbocycles. The fourth-order valence-corrected chi connectivity index (χ4v) is 5.41. The van der Waals surface area contributed by atoms with Gasteiger partial charge in [0.05, 0.1) is 5.75 Å². The number of halogens is 1. The van der Waals surface area contributed by atoms with Crippen molar-refractivity contribution in [2.75, 3.05) is 12.3 Å². The number of carbonyl (C=O) groups is 1. The summed E-state index contributed by atoms with van der Waals surface area (Å²) in [5.41, 5.74) is 4.81. The molecular formula is C30H30BrN3O2S. The number of hydrogen-bond donors (Lipinski definition) is 1.